The second-order valence-electron chi connectivity index (χ2n) is 8.09. The van der Waals surface area contributed by atoms with Gasteiger partial charge in [-0.25, -0.2) is 23.4 Å². The molecule has 1 aliphatic heterocycles. The van der Waals surface area contributed by atoms with Crippen molar-refractivity contribution in [2.24, 2.45) is 10.9 Å². The standard InChI is InChI=1S/C24H24N6O3S/c1-16-9-21(15-25-12-16)30-24-27-13-19(14-28-24)18-5-3-17(4-6-18)10-22(31)29-20-7-8-26-23(11-20)34(2,32)33/h3-9,11,13-16H,10,12H2,1-2H3,(H,26,29,31)(H,27,28,30). The number of rotatable bonds is 7. The van der Waals surface area contributed by atoms with Crippen LogP contribution in [0.4, 0.5) is 11.6 Å². The van der Waals surface area contributed by atoms with Crippen LogP contribution < -0.4 is 10.6 Å². The Labute approximate surface area is 198 Å². The van der Waals surface area contributed by atoms with E-state index < -0.39 is 9.84 Å². The van der Waals surface area contributed by atoms with Crippen LogP contribution in [0.5, 0.6) is 0 Å². The predicted molar refractivity (Wildman–Crippen MR) is 131 cm³/mol. The number of allylic oxidation sites excluding steroid dienone is 1. The zero-order chi connectivity index (χ0) is 24.1. The van der Waals surface area contributed by atoms with E-state index in [1.54, 1.807) is 24.7 Å². The SMILES string of the molecule is CC1C=C(Nc2ncc(-c3ccc(CC(=O)Nc4ccnc(S(C)(=O)=O)c4)cc3)cn2)C=NC1. The van der Waals surface area contributed by atoms with Gasteiger partial charge in [-0.1, -0.05) is 37.3 Å². The largest absolute Gasteiger partial charge is 0.326 e. The highest BCUT2D eigenvalue weighted by atomic mass is 32.2. The molecule has 1 aromatic carbocycles. The molecule has 3 aromatic rings. The third-order valence-corrected chi connectivity index (χ3v) is 6.03. The quantitative estimate of drug-likeness (QED) is 0.536. The van der Waals surface area contributed by atoms with Crippen molar-refractivity contribution in [1.29, 1.82) is 0 Å². The molecule has 0 saturated carbocycles. The van der Waals surface area contributed by atoms with Crippen molar-refractivity contribution in [1.82, 2.24) is 15.0 Å². The molecule has 2 aromatic heterocycles. The van der Waals surface area contributed by atoms with Crippen molar-refractivity contribution >= 4 is 33.6 Å². The molecule has 34 heavy (non-hydrogen) atoms. The molecule has 0 radical (unpaired) electrons. The highest BCUT2D eigenvalue weighted by Crippen LogP contribution is 2.20. The van der Waals surface area contributed by atoms with Gasteiger partial charge in [-0.15, -0.1) is 0 Å². The lowest BCUT2D eigenvalue weighted by molar-refractivity contribution is -0.115. The van der Waals surface area contributed by atoms with Crippen molar-refractivity contribution in [3.63, 3.8) is 0 Å². The van der Waals surface area contributed by atoms with Gasteiger partial charge in [0.25, 0.3) is 0 Å². The number of amides is 1. The third kappa shape index (κ3) is 6.10. The van der Waals surface area contributed by atoms with Gasteiger partial charge in [-0.3, -0.25) is 9.79 Å². The average Bonchev–Trinajstić information content (AvgIpc) is 2.80. The van der Waals surface area contributed by atoms with E-state index in [4.69, 9.17) is 0 Å². The van der Waals surface area contributed by atoms with E-state index in [2.05, 4.69) is 43.6 Å². The number of sulfone groups is 1. The lowest BCUT2D eigenvalue weighted by Crippen LogP contribution is -2.15. The number of benzene rings is 1. The summed E-state index contributed by atoms with van der Waals surface area (Å²) in [6, 6.07) is 10.4. The Morgan fingerprint density at radius 3 is 2.47 bits per heavy atom. The summed E-state index contributed by atoms with van der Waals surface area (Å²) in [4.78, 5) is 29.3. The number of carbonyl (C=O) groups excluding carboxylic acids is 1. The smallest absolute Gasteiger partial charge is 0.228 e. The molecule has 0 fully saturated rings. The van der Waals surface area contributed by atoms with E-state index in [9.17, 15) is 13.2 Å². The lowest BCUT2D eigenvalue weighted by atomic mass is 10.1. The lowest BCUT2D eigenvalue weighted by Gasteiger charge is -2.12. The van der Waals surface area contributed by atoms with Crippen LogP contribution in [-0.4, -0.2) is 48.3 Å². The van der Waals surface area contributed by atoms with E-state index in [1.165, 1.54) is 12.3 Å². The first kappa shape index (κ1) is 23.2. The molecule has 174 valence electrons. The minimum Gasteiger partial charge on any atom is -0.326 e. The van der Waals surface area contributed by atoms with Crippen LogP contribution >= 0.6 is 0 Å². The topological polar surface area (TPSA) is 126 Å². The zero-order valence-corrected chi connectivity index (χ0v) is 19.6. The second-order valence-corrected chi connectivity index (χ2v) is 10.1. The summed E-state index contributed by atoms with van der Waals surface area (Å²) in [5, 5.41) is 5.78. The van der Waals surface area contributed by atoms with E-state index in [-0.39, 0.29) is 17.4 Å². The van der Waals surface area contributed by atoms with Gasteiger partial charge in [0.15, 0.2) is 14.9 Å². The molecule has 3 heterocycles. The third-order valence-electron chi connectivity index (χ3n) is 5.05. The van der Waals surface area contributed by atoms with Crippen molar-refractivity contribution < 1.29 is 13.2 Å². The van der Waals surface area contributed by atoms with E-state index >= 15 is 0 Å². The van der Waals surface area contributed by atoms with Gasteiger partial charge in [0.05, 0.1) is 12.1 Å². The summed E-state index contributed by atoms with van der Waals surface area (Å²) in [5.74, 6) is 0.619. The number of aliphatic imine (C=N–C) groups is 1. The fourth-order valence-electron chi connectivity index (χ4n) is 3.36. The number of anilines is 2. The van der Waals surface area contributed by atoms with Crippen LogP contribution in [0.15, 0.2) is 76.8 Å². The Kier molecular flexibility index (Phi) is 6.78. The number of carbonyl (C=O) groups is 1. The average molecular weight is 477 g/mol. The first-order valence-corrected chi connectivity index (χ1v) is 12.5. The molecule has 10 heteroatoms. The van der Waals surface area contributed by atoms with E-state index in [0.717, 1.165) is 35.2 Å². The fourth-order valence-corrected chi connectivity index (χ4v) is 3.95. The van der Waals surface area contributed by atoms with E-state index in [1.807, 2.05) is 24.3 Å². The fraction of sp³-hybridized carbons (Fsp3) is 0.208. The normalized spacial score (nSPS) is 15.5. The number of dihydropyridines is 1. The monoisotopic (exact) mass is 476 g/mol. The Morgan fingerprint density at radius 1 is 1.06 bits per heavy atom. The summed E-state index contributed by atoms with van der Waals surface area (Å²) in [5.41, 5.74) is 3.86. The molecule has 0 spiro atoms. The molecule has 1 amide bonds. The number of hydrogen-bond donors (Lipinski definition) is 2. The molecule has 0 saturated heterocycles. The zero-order valence-electron chi connectivity index (χ0n) is 18.8. The molecule has 0 bridgehead atoms. The Balaban J connectivity index is 1.36. The van der Waals surface area contributed by atoms with Crippen LogP contribution in [0.25, 0.3) is 11.1 Å². The van der Waals surface area contributed by atoms with Crippen molar-refractivity contribution in [2.75, 3.05) is 23.4 Å². The molecule has 1 unspecified atom stereocenters. The number of pyridine rings is 1. The van der Waals surface area contributed by atoms with Gasteiger partial charge < -0.3 is 10.6 Å². The summed E-state index contributed by atoms with van der Waals surface area (Å²) in [6.07, 6.45) is 9.92. The molecule has 2 N–H and O–H groups in total. The molecule has 1 aliphatic rings. The van der Waals surface area contributed by atoms with Crippen LogP contribution in [0.3, 0.4) is 0 Å². The number of aromatic nitrogens is 3. The molecule has 9 nitrogen and oxygen atoms in total. The van der Waals surface area contributed by atoms with Crippen molar-refractivity contribution in [3.8, 4) is 11.1 Å². The molecular formula is C24H24N6O3S. The summed E-state index contributed by atoms with van der Waals surface area (Å²) in [6.45, 7) is 2.89. The summed E-state index contributed by atoms with van der Waals surface area (Å²) < 4.78 is 23.3. The maximum absolute atomic E-state index is 12.4. The summed E-state index contributed by atoms with van der Waals surface area (Å²) in [7, 11) is -3.45. The second kappa shape index (κ2) is 9.92. The highest BCUT2D eigenvalue weighted by molar-refractivity contribution is 7.90. The van der Waals surface area contributed by atoms with Gasteiger partial charge in [-0.05, 0) is 29.2 Å². The molecule has 4 rings (SSSR count). The minimum absolute atomic E-state index is 0.0868. The first-order valence-electron chi connectivity index (χ1n) is 10.6. The summed E-state index contributed by atoms with van der Waals surface area (Å²) >= 11 is 0. The predicted octanol–water partition coefficient (Wildman–Crippen LogP) is 3.14. The number of nitrogens with zero attached hydrogens (tertiary/aromatic N) is 4. The highest BCUT2D eigenvalue weighted by Gasteiger charge is 2.11. The van der Waals surface area contributed by atoms with Crippen LogP contribution in [0.2, 0.25) is 0 Å². The number of nitrogens with one attached hydrogen (secondary N) is 2. The van der Waals surface area contributed by atoms with E-state index in [0.29, 0.717) is 17.6 Å². The van der Waals surface area contributed by atoms with Gasteiger partial charge in [-0.2, -0.15) is 0 Å². The molecule has 0 aliphatic carbocycles. The van der Waals surface area contributed by atoms with Gasteiger partial charge in [0.2, 0.25) is 11.9 Å². The maximum Gasteiger partial charge on any atom is 0.228 e. The molecular weight excluding hydrogens is 452 g/mol. The number of hydrogen-bond acceptors (Lipinski definition) is 8. The Morgan fingerprint density at radius 2 is 1.79 bits per heavy atom. The Hall–Kier alpha value is -3.92. The van der Waals surface area contributed by atoms with Crippen LogP contribution in [0, 0.1) is 5.92 Å². The van der Waals surface area contributed by atoms with Gasteiger partial charge in [0, 0.05) is 48.9 Å². The van der Waals surface area contributed by atoms with Crippen molar-refractivity contribution in [3.05, 3.63) is 72.3 Å². The van der Waals surface area contributed by atoms with Gasteiger partial charge in [0.1, 0.15) is 0 Å². The van der Waals surface area contributed by atoms with Crippen molar-refractivity contribution in [2.45, 2.75) is 18.4 Å². The molecule has 1 atom stereocenters. The van der Waals surface area contributed by atoms with Crippen LogP contribution in [0.1, 0.15) is 12.5 Å². The first-order chi connectivity index (χ1) is 16.3. The maximum atomic E-state index is 12.4. The van der Waals surface area contributed by atoms with Gasteiger partial charge >= 0.3 is 0 Å². The minimum atomic E-state index is -3.45. The van der Waals surface area contributed by atoms with Crippen LogP contribution in [-0.2, 0) is 21.1 Å². The Bertz CT molecular complexity index is 1350.